The topological polar surface area (TPSA) is 18.5 Å². The molecule has 3 heteroatoms. The average molecular weight is 180 g/mol. The average Bonchev–Trinajstić information content (AvgIpc) is 1.87. The molecule has 0 atom stereocenters. The quantitative estimate of drug-likeness (QED) is 0.460. The Labute approximate surface area is 73.2 Å². The molecule has 0 aliphatic carbocycles. The van der Waals surface area contributed by atoms with E-state index in [9.17, 15) is 0 Å². The number of hydrogen-bond donors (Lipinski definition) is 0. The first-order valence-corrected chi connectivity index (χ1v) is 5.07. The Morgan fingerprint density at radius 1 is 1.40 bits per heavy atom. The second kappa shape index (κ2) is 7.74. The Morgan fingerprint density at radius 3 is 2.60 bits per heavy atom. The van der Waals surface area contributed by atoms with Crippen molar-refractivity contribution in [3.8, 4) is 0 Å². The molecule has 10 heavy (non-hydrogen) atoms. The van der Waals surface area contributed by atoms with Crippen LogP contribution in [-0.4, -0.2) is 12.7 Å². The van der Waals surface area contributed by atoms with Crippen molar-refractivity contribution in [2.24, 2.45) is 0 Å². The summed E-state index contributed by atoms with van der Waals surface area (Å²) in [5.74, 6) is 0. The molecule has 0 amide bonds. The molecule has 0 aromatic rings. The molecular weight excluding hydrogens is 164 g/mol. The SMILES string of the molecule is CCCC[O][Ti][O]C(C)C. The summed E-state index contributed by atoms with van der Waals surface area (Å²) >= 11 is -0.547. The summed E-state index contributed by atoms with van der Waals surface area (Å²) < 4.78 is 10.6. The molecule has 0 radical (unpaired) electrons. The standard InChI is InChI=1S/C4H9O.C3H7O.Ti/c1-2-3-4-5;1-3(2)4;/h2-4H2,1H3;3H,1-2H3;/q2*-1;+2. The van der Waals surface area contributed by atoms with Gasteiger partial charge in [-0.1, -0.05) is 0 Å². The van der Waals surface area contributed by atoms with Crippen LogP contribution in [0.2, 0.25) is 0 Å². The zero-order valence-corrected chi connectivity index (χ0v) is 8.58. The second-order valence-corrected chi connectivity index (χ2v) is 3.53. The molecule has 0 aliphatic heterocycles. The van der Waals surface area contributed by atoms with Gasteiger partial charge in [-0.25, -0.2) is 0 Å². The van der Waals surface area contributed by atoms with Crippen molar-refractivity contribution in [1.82, 2.24) is 0 Å². The fourth-order valence-corrected chi connectivity index (χ4v) is 1.15. The first-order chi connectivity index (χ1) is 4.77. The van der Waals surface area contributed by atoms with Crippen LogP contribution < -0.4 is 0 Å². The van der Waals surface area contributed by atoms with Crippen LogP contribution in [0.5, 0.6) is 0 Å². The maximum atomic E-state index is 5.29. The molecule has 0 spiro atoms. The van der Waals surface area contributed by atoms with E-state index in [0.29, 0.717) is 6.10 Å². The summed E-state index contributed by atoms with van der Waals surface area (Å²) in [7, 11) is 0. The van der Waals surface area contributed by atoms with Gasteiger partial charge in [0.1, 0.15) is 0 Å². The van der Waals surface area contributed by atoms with Crippen molar-refractivity contribution in [3.63, 3.8) is 0 Å². The van der Waals surface area contributed by atoms with Gasteiger partial charge in [-0.15, -0.1) is 0 Å². The van der Waals surface area contributed by atoms with E-state index in [0.717, 1.165) is 13.0 Å². The Morgan fingerprint density at radius 2 is 2.10 bits per heavy atom. The molecule has 0 saturated carbocycles. The molecule has 0 aromatic heterocycles. The third-order valence-electron chi connectivity index (χ3n) is 0.943. The van der Waals surface area contributed by atoms with Crippen LogP contribution in [0.15, 0.2) is 0 Å². The molecular formula is C7H16O2Ti. The van der Waals surface area contributed by atoms with E-state index in [2.05, 4.69) is 6.92 Å². The van der Waals surface area contributed by atoms with Crippen LogP contribution in [0.1, 0.15) is 33.6 Å². The summed E-state index contributed by atoms with van der Waals surface area (Å²) in [5, 5.41) is 0. The van der Waals surface area contributed by atoms with Gasteiger partial charge in [0.25, 0.3) is 0 Å². The summed E-state index contributed by atoms with van der Waals surface area (Å²) in [6.45, 7) is 7.11. The Bertz CT molecular complexity index is 66.6. The van der Waals surface area contributed by atoms with Gasteiger partial charge < -0.3 is 0 Å². The van der Waals surface area contributed by atoms with E-state index >= 15 is 0 Å². The van der Waals surface area contributed by atoms with Gasteiger partial charge in [0.15, 0.2) is 0 Å². The van der Waals surface area contributed by atoms with Crippen molar-refractivity contribution >= 4 is 0 Å². The van der Waals surface area contributed by atoms with Crippen LogP contribution in [0, 0.1) is 0 Å². The van der Waals surface area contributed by atoms with Gasteiger partial charge in [0, 0.05) is 0 Å². The predicted octanol–water partition coefficient (Wildman–Crippen LogP) is 2.14. The van der Waals surface area contributed by atoms with Gasteiger partial charge >= 0.3 is 72.9 Å². The summed E-state index contributed by atoms with van der Waals surface area (Å²) in [5.41, 5.74) is 0. The molecule has 0 rings (SSSR count). The van der Waals surface area contributed by atoms with E-state index in [4.69, 9.17) is 6.64 Å². The van der Waals surface area contributed by atoms with Crippen molar-refractivity contribution < 1.29 is 26.6 Å². The van der Waals surface area contributed by atoms with Gasteiger partial charge in [-0.2, -0.15) is 0 Å². The Balaban J connectivity index is 2.77. The molecule has 0 fully saturated rings. The van der Waals surface area contributed by atoms with Crippen LogP contribution in [0.4, 0.5) is 0 Å². The minimum atomic E-state index is -0.547. The number of unbranched alkanes of at least 4 members (excludes halogenated alkanes) is 1. The van der Waals surface area contributed by atoms with Crippen LogP contribution in [0.25, 0.3) is 0 Å². The predicted molar refractivity (Wildman–Crippen MR) is 37.1 cm³/mol. The van der Waals surface area contributed by atoms with E-state index in [-0.39, 0.29) is 0 Å². The number of hydrogen-bond acceptors (Lipinski definition) is 2. The first kappa shape index (κ1) is 10.6. The van der Waals surface area contributed by atoms with Crippen LogP contribution in [0.3, 0.4) is 0 Å². The zero-order valence-electron chi connectivity index (χ0n) is 7.02. The molecule has 0 saturated heterocycles. The maximum absolute atomic E-state index is 5.29. The molecule has 0 unspecified atom stereocenters. The van der Waals surface area contributed by atoms with Crippen molar-refractivity contribution in [3.05, 3.63) is 0 Å². The Kier molecular flexibility index (Phi) is 8.23. The molecule has 0 aromatic carbocycles. The van der Waals surface area contributed by atoms with Gasteiger partial charge in [-0.05, 0) is 0 Å². The van der Waals surface area contributed by atoms with Gasteiger partial charge in [-0.3, -0.25) is 0 Å². The van der Waals surface area contributed by atoms with Crippen LogP contribution in [-0.2, 0) is 26.6 Å². The fraction of sp³-hybridized carbons (Fsp3) is 1.00. The van der Waals surface area contributed by atoms with E-state index in [1.54, 1.807) is 0 Å². The van der Waals surface area contributed by atoms with E-state index < -0.39 is 19.9 Å². The minimum absolute atomic E-state index is 0.335. The third kappa shape index (κ3) is 8.63. The third-order valence-corrected chi connectivity index (χ3v) is 2.33. The Hall–Kier alpha value is 0.634. The zero-order chi connectivity index (χ0) is 7.82. The first-order valence-electron chi connectivity index (χ1n) is 3.79. The molecule has 60 valence electrons. The second-order valence-electron chi connectivity index (χ2n) is 2.45. The van der Waals surface area contributed by atoms with E-state index in [1.165, 1.54) is 6.42 Å². The summed E-state index contributed by atoms with van der Waals surface area (Å²) in [4.78, 5) is 0. The molecule has 2 nitrogen and oxygen atoms in total. The molecule has 0 N–H and O–H groups in total. The van der Waals surface area contributed by atoms with E-state index in [1.807, 2.05) is 13.8 Å². The van der Waals surface area contributed by atoms with Gasteiger partial charge in [0.2, 0.25) is 0 Å². The number of rotatable bonds is 6. The van der Waals surface area contributed by atoms with Crippen molar-refractivity contribution in [2.75, 3.05) is 6.61 Å². The van der Waals surface area contributed by atoms with Crippen molar-refractivity contribution in [2.45, 2.75) is 39.7 Å². The monoisotopic (exact) mass is 180 g/mol. The molecule has 0 heterocycles. The van der Waals surface area contributed by atoms with Gasteiger partial charge in [0.05, 0.1) is 0 Å². The van der Waals surface area contributed by atoms with Crippen LogP contribution >= 0.6 is 0 Å². The fourth-order valence-electron chi connectivity index (χ4n) is 0.388. The van der Waals surface area contributed by atoms with Crippen molar-refractivity contribution in [1.29, 1.82) is 0 Å². The molecule has 0 aliphatic rings. The normalized spacial score (nSPS) is 10.4. The summed E-state index contributed by atoms with van der Waals surface area (Å²) in [6, 6.07) is 0. The summed E-state index contributed by atoms with van der Waals surface area (Å²) in [6.07, 6.45) is 2.69. The molecule has 0 bridgehead atoms.